The van der Waals surface area contributed by atoms with Crippen LogP contribution in [0.15, 0.2) is 50.1 Å². The van der Waals surface area contributed by atoms with E-state index in [0.717, 1.165) is 30.2 Å². The molecule has 2 N–H and O–H groups in total. The van der Waals surface area contributed by atoms with Gasteiger partial charge in [-0.15, -0.1) is 13.2 Å². The third kappa shape index (κ3) is 12.7. The van der Waals surface area contributed by atoms with Crippen molar-refractivity contribution in [2.24, 2.45) is 14.1 Å². The van der Waals surface area contributed by atoms with Crippen LogP contribution in [0.3, 0.4) is 0 Å². The summed E-state index contributed by atoms with van der Waals surface area (Å²) in [6.45, 7) is 6.21. The van der Waals surface area contributed by atoms with E-state index < -0.39 is 20.2 Å². The lowest BCUT2D eigenvalue weighted by molar-refractivity contribution is 0.484. The molecule has 0 atom stereocenters. The highest BCUT2D eigenvalue weighted by molar-refractivity contribution is 7.86. The average molecular weight is 421 g/mol. The number of hydrogen-bond donors (Lipinski definition) is 2. The summed E-state index contributed by atoms with van der Waals surface area (Å²) in [6.07, 6.45) is 10.5. The average Bonchev–Trinajstić information content (AvgIpc) is 3.08. The molecule has 0 amide bonds. The molecular weight excluding hydrogens is 396 g/mol. The first-order chi connectivity index (χ1) is 12.4. The molecule has 0 saturated carbocycles. The second kappa shape index (κ2) is 11.4. The highest BCUT2D eigenvalue weighted by atomic mass is 32.2. The number of hydrogen-bond acceptors (Lipinski definition) is 6. The van der Waals surface area contributed by atoms with E-state index in [-0.39, 0.29) is 11.5 Å². The van der Waals surface area contributed by atoms with Gasteiger partial charge in [0, 0.05) is 38.9 Å². The number of aromatic nitrogens is 4. The summed E-state index contributed by atoms with van der Waals surface area (Å²) in [5, 5.41) is 0. The summed E-state index contributed by atoms with van der Waals surface area (Å²) in [7, 11) is -3.60. The van der Waals surface area contributed by atoms with E-state index >= 15 is 0 Å². The highest BCUT2D eigenvalue weighted by Crippen LogP contribution is 2.03. The lowest BCUT2D eigenvalue weighted by Gasteiger charge is -2.01. The molecule has 0 fully saturated rings. The monoisotopic (exact) mass is 420 g/mol. The molecule has 0 unspecified atom stereocenters. The highest BCUT2D eigenvalue weighted by Gasteiger charge is 2.04. The second-order valence-electron chi connectivity index (χ2n) is 5.16. The number of aryl methyl sites for hydroxylation is 2. The molecule has 2 aromatic rings. The SMILES string of the molecule is C=CCS(=O)(=O)O.C=CCS(=O)(=O)O.Cn1ccnc1Cc1nccn1C. The normalized spacial score (nSPS) is 10.8. The quantitative estimate of drug-likeness (QED) is 0.517. The third-order valence-corrected chi connectivity index (χ3v) is 4.13. The van der Waals surface area contributed by atoms with E-state index in [1.807, 2.05) is 35.6 Å². The molecule has 0 aromatic carbocycles. The van der Waals surface area contributed by atoms with Gasteiger partial charge in [0.25, 0.3) is 20.2 Å². The molecule has 0 bridgehead atoms. The fourth-order valence-electron chi connectivity index (χ4n) is 1.57. The predicted molar refractivity (Wildman–Crippen MR) is 102 cm³/mol. The first kappa shape index (κ1) is 24.7. The summed E-state index contributed by atoms with van der Waals surface area (Å²) in [4.78, 5) is 8.48. The van der Waals surface area contributed by atoms with Crippen LogP contribution in [-0.4, -0.2) is 56.5 Å². The minimum Gasteiger partial charge on any atom is -0.338 e. The fraction of sp³-hybridized carbons (Fsp3) is 0.333. The number of rotatable bonds is 6. The van der Waals surface area contributed by atoms with Gasteiger partial charge in [0.2, 0.25) is 0 Å². The molecule has 152 valence electrons. The molecule has 12 heteroatoms. The first-order valence-corrected chi connectivity index (χ1v) is 10.7. The Morgan fingerprint density at radius 1 is 0.889 bits per heavy atom. The van der Waals surface area contributed by atoms with Crippen molar-refractivity contribution in [3.63, 3.8) is 0 Å². The van der Waals surface area contributed by atoms with Crippen LogP contribution in [0.2, 0.25) is 0 Å². The fourth-order valence-corrected chi connectivity index (χ4v) is 2.17. The maximum absolute atomic E-state index is 9.72. The molecule has 2 aromatic heterocycles. The Kier molecular flexibility index (Phi) is 10.5. The van der Waals surface area contributed by atoms with Gasteiger partial charge in [0.05, 0.1) is 17.9 Å². The van der Waals surface area contributed by atoms with Crippen LogP contribution >= 0.6 is 0 Å². The van der Waals surface area contributed by atoms with Gasteiger partial charge >= 0.3 is 0 Å². The molecular formula is C15H24N4O6S2. The molecule has 0 aliphatic carbocycles. The number of imidazole rings is 2. The first-order valence-electron chi connectivity index (χ1n) is 7.44. The van der Waals surface area contributed by atoms with Crippen molar-refractivity contribution in [3.8, 4) is 0 Å². The second-order valence-corrected chi connectivity index (χ2v) is 8.15. The molecule has 2 rings (SSSR count). The van der Waals surface area contributed by atoms with E-state index in [0.29, 0.717) is 0 Å². The van der Waals surface area contributed by atoms with Crippen LogP contribution in [0.25, 0.3) is 0 Å². The molecule has 0 radical (unpaired) electrons. The van der Waals surface area contributed by atoms with E-state index in [4.69, 9.17) is 9.11 Å². The Hall–Kier alpha value is -2.28. The topological polar surface area (TPSA) is 144 Å². The van der Waals surface area contributed by atoms with Crippen molar-refractivity contribution in [2.75, 3.05) is 11.5 Å². The minimum atomic E-state index is -3.79. The van der Waals surface area contributed by atoms with Crippen molar-refractivity contribution < 1.29 is 25.9 Å². The van der Waals surface area contributed by atoms with Crippen LogP contribution in [0.5, 0.6) is 0 Å². The summed E-state index contributed by atoms with van der Waals surface area (Å²) in [6, 6.07) is 0. The Labute approximate surface area is 159 Å². The Bertz CT molecular complexity index is 853. The van der Waals surface area contributed by atoms with Crippen molar-refractivity contribution in [3.05, 3.63) is 61.7 Å². The van der Waals surface area contributed by atoms with Gasteiger partial charge < -0.3 is 9.13 Å². The Morgan fingerprint density at radius 2 is 1.22 bits per heavy atom. The zero-order chi connectivity index (χ0) is 21.1. The molecule has 0 aliphatic heterocycles. The lowest BCUT2D eigenvalue weighted by atomic mass is 10.4. The lowest BCUT2D eigenvalue weighted by Crippen LogP contribution is -2.03. The van der Waals surface area contributed by atoms with Gasteiger partial charge in [-0.2, -0.15) is 16.8 Å². The zero-order valence-electron chi connectivity index (χ0n) is 15.1. The summed E-state index contributed by atoms with van der Waals surface area (Å²) >= 11 is 0. The predicted octanol–water partition coefficient (Wildman–Crippen LogP) is 0.865. The standard InChI is InChI=1S/C9H12N4.2C3H6O3S/c1-12-5-3-10-8(12)7-9-11-4-6-13(9)2;2*1-2-3-7(4,5)6/h3-6H,7H2,1-2H3;2*2H,1,3H2,(H,4,5,6). The third-order valence-electron chi connectivity index (χ3n) is 2.82. The van der Waals surface area contributed by atoms with Crippen molar-refractivity contribution >= 4 is 20.2 Å². The molecule has 0 aliphatic rings. The summed E-state index contributed by atoms with van der Waals surface area (Å²) in [5.74, 6) is 1.34. The minimum absolute atomic E-state index is 0.368. The van der Waals surface area contributed by atoms with Crippen LogP contribution in [0.4, 0.5) is 0 Å². The zero-order valence-corrected chi connectivity index (χ0v) is 16.8. The van der Waals surface area contributed by atoms with Crippen LogP contribution in [0, 0.1) is 0 Å². The summed E-state index contributed by atoms with van der Waals surface area (Å²) < 4.78 is 58.7. The van der Waals surface area contributed by atoms with E-state index in [2.05, 4.69) is 23.1 Å². The van der Waals surface area contributed by atoms with Crippen LogP contribution in [-0.2, 0) is 40.8 Å². The van der Waals surface area contributed by atoms with E-state index in [9.17, 15) is 16.8 Å². The molecule has 27 heavy (non-hydrogen) atoms. The van der Waals surface area contributed by atoms with Crippen molar-refractivity contribution in [1.82, 2.24) is 19.1 Å². The van der Waals surface area contributed by atoms with Crippen molar-refractivity contribution in [2.45, 2.75) is 6.42 Å². The van der Waals surface area contributed by atoms with E-state index in [1.165, 1.54) is 0 Å². The van der Waals surface area contributed by atoms with E-state index in [1.54, 1.807) is 12.4 Å². The van der Waals surface area contributed by atoms with Gasteiger partial charge in [-0.25, -0.2) is 9.97 Å². The molecule has 2 heterocycles. The van der Waals surface area contributed by atoms with Gasteiger partial charge in [0.1, 0.15) is 11.6 Å². The smallest absolute Gasteiger partial charge is 0.268 e. The molecule has 0 spiro atoms. The molecule has 10 nitrogen and oxygen atoms in total. The van der Waals surface area contributed by atoms with Crippen molar-refractivity contribution in [1.29, 1.82) is 0 Å². The molecule has 0 saturated heterocycles. The maximum Gasteiger partial charge on any atom is 0.268 e. The van der Waals surface area contributed by atoms with Crippen LogP contribution < -0.4 is 0 Å². The van der Waals surface area contributed by atoms with Gasteiger partial charge in [-0.3, -0.25) is 9.11 Å². The van der Waals surface area contributed by atoms with Gasteiger partial charge in [-0.05, 0) is 0 Å². The largest absolute Gasteiger partial charge is 0.338 e. The Morgan fingerprint density at radius 3 is 1.37 bits per heavy atom. The van der Waals surface area contributed by atoms with Gasteiger partial charge in [0.15, 0.2) is 0 Å². The summed E-state index contributed by atoms with van der Waals surface area (Å²) in [5.41, 5.74) is 0. The Balaban J connectivity index is 0.000000416. The van der Waals surface area contributed by atoms with Gasteiger partial charge in [-0.1, -0.05) is 12.2 Å². The van der Waals surface area contributed by atoms with Crippen LogP contribution in [0.1, 0.15) is 11.6 Å². The number of nitrogens with zero attached hydrogens (tertiary/aromatic N) is 4. The maximum atomic E-state index is 9.72.